The summed E-state index contributed by atoms with van der Waals surface area (Å²) in [6, 6.07) is 5.42. The van der Waals surface area contributed by atoms with Crippen molar-refractivity contribution in [3.63, 3.8) is 0 Å². The van der Waals surface area contributed by atoms with Crippen molar-refractivity contribution in [2.24, 2.45) is 5.14 Å². The number of imide groups is 1. The van der Waals surface area contributed by atoms with E-state index in [1.54, 1.807) is 12.1 Å². The van der Waals surface area contributed by atoms with Crippen LogP contribution in [0.1, 0.15) is 12.0 Å². The van der Waals surface area contributed by atoms with Crippen molar-refractivity contribution >= 4 is 33.6 Å². The summed E-state index contributed by atoms with van der Waals surface area (Å²) in [5, 5.41) is 9.62. The molecule has 1 aromatic rings. The van der Waals surface area contributed by atoms with E-state index in [-0.39, 0.29) is 17.2 Å². The van der Waals surface area contributed by atoms with E-state index in [0.717, 1.165) is 5.56 Å². The summed E-state index contributed by atoms with van der Waals surface area (Å²) in [4.78, 5) is 22.4. The zero-order valence-electron chi connectivity index (χ0n) is 11.1. The van der Waals surface area contributed by atoms with Gasteiger partial charge >= 0.3 is 6.03 Å². The average Bonchev–Trinajstić information content (AvgIpc) is 2.38. The first-order valence-electron chi connectivity index (χ1n) is 6.08. The van der Waals surface area contributed by atoms with Gasteiger partial charge in [-0.2, -0.15) is 0 Å². The SMILES string of the molecule is NS(=O)(=O)c1ccc(CCNC(=O)NC(=O)CCCl)cc1. The predicted octanol–water partition coefficient (Wildman–Crippen LogP) is 0.331. The van der Waals surface area contributed by atoms with Gasteiger partial charge in [0.25, 0.3) is 0 Å². The summed E-state index contributed by atoms with van der Waals surface area (Å²) in [6.45, 7) is 0.300. The maximum absolute atomic E-state index is 11.3. The number of hydrogen-bond acceptors (Lipinski definition) is 4. The Kier molecular flexibility index (Phi) is 6.60. The molecule has 1 aromatic carbocycles. The van der Waals surface area contributed by atoms with Crippen LogP contribution in [0.25, 0.3) is 0 Å². The summed E-state index contributed by atoms with van der Waals surface area (Å²) in [6.07, 6.45) is 0.562. The normalized spacial score (nSPS) is 11.0. The number of carbonyl (C=O) groups excluding carboxylic acids is 2. The second-order valence-electron chi connectivity index (χ2n) is 4.18. The zero-order chi connectivity index (χ0) is 15.9. The highest BCUT2D eigenvalue weighted by Crippen LogP contribution is 2.08. The Hall–Kier alpha value is -1.64. The lowest BCUT2D eigenvalue weighted by Crippen LogP contribution is -2.40. The summed E-state index contributed by atoms with van der Waals surface area (Å²) >= 11 is 5.36. The van der Waals surface area contributed by atoms with Gasteiger partial charge < -0.3 is 5.32 Å². The number of nitrogens with two attached hydrogens (primary N) is 1. The van der Waals surface area contributed by atoms with Gasteiger partial charge in [0.05, 0.1) is 4.90 Å². The van der Waals surface area contributed by atoms with E-state index in [0.29, 0.717) is 13.0 Å². The van der Waals surface area contributed by atoms with Crippen LogP contribution in [0.3, 0.4) is 0 Å². The highest BCUT2D eigenvalue weighted by atomic mass is 35.5. The molecule has 0 heterocycles. The van der Waals surface area contributed by atoms with Gasteiger partial charge in [0.15, 0.2) is 0 Å². The molecule has 4 N–H and O–H groups in total. The molecule has 0 aromatic heterocycles. The molecule has 0 saturated carbocycles. The number of nitrogens with one attached hydrogen (secondary N) is 2. The molecule has 0 atom stereocenters. The Labute approximate surface area is 127 Å². The molecule has 0 aliphatic heterocycles. The fourth-order valence-electron chi connectivity index (χ4n) is 1.49. The van der Waals surface area contributed by atoms with Crippen molar-refractivity contribution in [1.29, 1.82) is 0 Å². The molecule has 7 nitrogen and oxygen atoms in total. The van der Waals surface area contributed by atoms with E-state index in [1.165, 1.54) is 12.1 Å². The van der Waals surface area contributed by atoms with Crippen molar-refractivity contribution in [3.8, 4) is 0 Å². The molecular formula is C12H16ClN3O4S. The van der Waals surface area contributed by atoms with Gasteiger partial charge in [-0.3, -0.25) is 10.1 Å². The molecule has 0 spiro atoms. The molecule has 1 rings (SSSR count). The summed E-state index contributed by atoms with van der Waals surface area (Å²) in [5.74, 6) is -0.296. The minimum Gasteiger partial charge on any atom is -0.337 e. The number of benzene rings is 1. The molecule has 0 aliphatic carbocycles. The fourth-order valence-corrected chi connectivity index (χ4v) is 2.17. The van der Waals surface area contributed by atoms with Crippen LogP contribution in [-0.4, -0.2) is 32.8 Å². The quantitative estimate of drug-likeness (QED) is 0.650. The van der Waals surface area contributed by atoms with Crippen molar-refractivity contribution in [1.82, 2.24) is 10.6 Å². The summed E-state index contributed by atoms with van der Waals surface area (Å²) in [5.41, 5.74) is 0.829. The average molecular weight is 334 g/mol. The monoisotopic (exact) mass is 333 g/mol. The predicted molar refractivity (Wildman–Crippen MR) is 78.4 cm³/mol. The lowest BCUT2D eigenvalue weighted by molar-refractivity contribution is -0.119. The van der Waals surface area contributed by atoms with Gasteiger partial charge in [0.2, 0.25) is 15.9 Å². The van der Waals surface area contributed by atoms with Crippen LogP contribution in [0, 0.1) is 0 Å². The third kappa shape index (κ3) is 6.56. The first-order chi connectivity index (χ1) is 9.82. The van der Waals surface area contributed by atoms with Crippen LogP contribution in [0.5, 0.6) is 0 Å². The number of urea groups is 1. The van der Waals surface area contributed by atoms with E-state index in [1.807, 2.05) is 0 Å². The van der Waals surface area contributed by atoms with Crippen LogP contribution in [0.15, 0.2) is 29.2 Å². The zero-order valence-corrected chi connectivity index (χ0v) is 12.7. The number of primary sulfonamides is 1. The molecule has 116 valence electrons. The molecule has 9 heteroatoms. The molecule has 21 heavy (non-hydrogen) atoms. The minimum absolute atomic E-state index is 0.0311. The topological polar surface area (TPSA) is 118 Å². The second-order valence-corrected chi connectivity index (χ2v) is 6.12. The largest absolute Gasteiger partial charge is 0.337 e. The van der Waals surface area contributed by atoms with Crippen molar-refractivity contribution in [2.45, 2.75) is 17.7 Å². The minimum atomic E-state index is -3.70. The first-order valence-corrected chi connectivity index (χ1v) is 8.16. The van der Waals surface area contributed by atoms with E-state index < -0.39 is 22.0 Å². The summed E-state index contributed by atoms with van der Waals surface area (Å²) in [7, 11) is -3.70. The Bertz CT molecular complexity index is 601. The molecular weight excluding hydrogens is 318 g/mol. The third-order valence-electron chi connectivity index (χ3n) is 2.53. The van der Waals surface area contributed by atoms with Gasteiger partial charge in [-0.1, -0.05) is 12.1 Å². The van der Waals surface area contributed by atoms with Gasteiger partial charge in [0, 0.05) is 18.8 Å². The van der Waals surface area contributed by atoms with Crippen LogP contribution in [0.4, 0.5) is 4.79 Å². The Balaban J connectivity index is 2.39. The van der Waals surface area contributed by atoms with Crippen LogP contribution < -0.4 is 15.8 Å². The Morgan fingerprint density at radius 3 is 2.33 bits per heavy atom. The molecule has 3 amide bonds. The Morgan fingerprint density at radius 1 is 1.19 bits per heavy atom. The molecule has 0 bridgehead atoms. The number of rotatable bonds is 6. The van der Waals surface area contributed by atoms with Gasteiger partial charge in [-0.05, 0) is 24.1 Å². The smallest absolute Gasteiger partial charge is 0.321 e. The standard InChI is InChI=1S/C12H16ClN3O4S/c13-7-5-11(17)16-12(18)15-8-6-9-1-3-10(4-2-9)21(14,19)20/h1-4H,5-8H2,(H2,14,19,20)(H2,15,16,17,18). The second kappa shape index (κ2) is 7.96. The lowest BCUT2D eigenvalue weighted by atomic mass is 10.1. The molecule has 0 radical (unpaired) electrons. The molecule has 0 fully saturated rings. The van der Waals surface area contributed by atoms with E-state index in [4.69, 9.17) is 16.7 Å². The highest BCUT2D eigenvalue weighted by molar-refractivity contribution is 7.89. The van der Waals surface area contributed by atoms with Crippen molar-refractivity contribution in [2.75, 3.05) is 12.4 Å². The lowest BCUT2D eigenvalue weighted by Gasteiger charge is -2.06. The maximum atomic E-state index is 11.3. The molecule has 0 unspecified atom stereocenters. The van der Waals surface area contributed by atoms with Gasteiger partial charge in [-0.25, -0.2) is 18.4 Å². The van der Waals surface area contributed by atoms with Crippen LogP contribution in [-0.2, 0) is 21.2 Å². The number of sulfonamides is 1. The van der Waals surface area contributed by atoms with Crippen molar-refractivity contribution in [3.05, 3.63) is 29.8 Å². The first kappa shape index (κ1) is 17.4. The molecule has 0 aliphatic rings. The maximum Gasteiger partial charge on any atom is 0.321 e. The number of hydrogen-bond donors (Lipinski definition) is 3. The summed E-state index contributed by atoms with van der Waals surface area (Å²) < 4.78 is 22.1. The fraction of sp³-hybridized carbons (Fsp3) is 0.333. The number of alkyl halides is 1. The molecule has 0 saturated heterocycles. The van der Waals surface area contributed by atoms with Gasteiger partial charge in [0.1, 0.15) is 0 Å². The van der Waals surface area contributed by atoms with Gasteiger partial charge in [-0.15, -0.1) is 11.6 Å². The number of halogens is 1. The highest BCUT2D eigenvalue weighted by Gasteiger charge is 2.08. The van der Waals surface area contributed by atoms with E-state index >= 15 is 0 Å². The van der Waals surface area contributed by atoms with E-state index in [2.05, 4.69) is 10.6 Å². The van der Waals surface area contributed by atoms with Crippen LogP contribution >= 0.6 is 11.6 Å². The van der Waals surface area contributed by atoms with Crippen LogP contribution in [0.2, 0.25) is 0 Å². The number of carbonyl (C=O) groups is 2. The van der Waals surface area contributed by atoms with Crippen molar-refractivity contribution < 1.29 is 18.0 Å². The Morgan fingerprint density at radius 2 is 1.81 bits per heavy atom. The number of amides is 3. The van der Waals surface area contributed by atoms with E-state index in [9.17, 15) is 18.0 Å². The third-order valence-corrected chi connectivity index (χ3v) is 3.64.